The predicted octanol–water partition coefficient (Wildman–Crippen LogP) is 2.75. The van der Waals surface area contributed by atoms with E-state index in [9.17, 15) is 0 Å². The number of nitrogens with zero attached hydrogens (tertiary/aromatic N) is 2. The van der Waals surface area contributed by atoms with E-state index < -0.39 is 0 Å². The fourth-order valence-electron chi connectivity index (χ4n) is 4.59. The molecule has 0 amide bonds. The molecule has 0 aromatic rings. The molecule has 0 aromatic carbocycles. The average molecular weight is 249 g/mol. The maximum absolute atomic E-state index is 6.24. The molecule has 3 unspecified atom stereocenters. The van der Waals surface area contributed by atoms with Crippen LogP contribution in [0.1, 0.15) is 58.8 Å². The second kappa shape index (κ2) is 4.43. The van der Waals surface area contributed by atoms with Gasteiger partial charge in [-0.15, -0.1) is 0 Å². The molecule has 2 aliphatic carbocycles. The van der Waals surface area contributed by atoms with Gasteiger partial charge in [-0.25, -0.2) is 0 Å². The summed E-state index contributed by atoms with van der Waals surface area (Å²) in [5.74, 6) is 2.44. The van der Waals surface area contributed by atoms with Crippen LogP contribution in [0.3, 0.4) is 0 Å². The second-order valence-electron chi connectivity index (χ2n) is 6.87. The van der Waals surface area contributed by atoms with E-state index in [-0.39, 0.29) is 5.54 Å². The summed E-state index contributed by atoms with van der Waals surface area (Å²) < 4.78 is 0. The highest BCUT2D eigenvalue weighted by Crippen LogP contribution is 2.45. The number of guanidine groups is 1. The monoisotopic (exact) mass is 249 g/mol. The van der Waals surface area contributed by atoms with E-state index in [1.165, 1.54) is 44.9 Å². The van der Waals surface area contributed by atoms with Crippen LogP contribution in [0.4, 0.5) is 0 Å². The molecule has 1 spiro atoms. The van der Waals surface area contributed by atoms with Crippen LogP contribution >= 0.6 is 0 Å². The van der Waals surface area contributed by atoms with Crippen LogP contribution in [-0.4, -0.2) is 29.0 Å². The fraction of sp³-hybridized carbons (Fsp3) is 0.933. The lowest BCUT2D eigenvalue weighted by atomic mass is 9.69. The van der Waals surface area contributed by atoms with E-state index in [2.05, 4.69) is 23.7 Å². The zero-order valence-corrected chi connectivity index (χ0v) is 11.9. The van der Waals surface area contributed by atoms with Crippen LogP contribution < -0.4 is 5.73 Å². The van der Waals surface area contributed by atoms with Crippen molar-refractivity contribution >= 4 is 5.96 Å². The van der Waals surface area contributed by atoms with Gasteiger partial charge in [0.05, 0.1) is 12.1 Å². The van der Waals surface area contributed by atoms with Crippen molar-refractivity contribution in [1.82, 2.24) is 4.90 Å². The summed E-state index contributed by atoms with van der Waals surface area (Å²) in [5, 5.41) is 0. The fourth-order valence-corrected chi connectivity index (χ4v) is 4.59. The number of aliphatic imine (C=N–C) groups is 1. The Morgan fingerprint density at radius 3 is 2.61 bits per heavy atom. The van der Waals surface area contributed by atoms with E-state index >= 15 is 0 Å². The summed E-state index contributed by atoms with van der Waals surface area (Å²) in [6.07, 6.45) is 9.35. The Labute approximate surface area is 111 Å². The second-order valence-corrected chi connectivity index (χ2v) is 6.87. The van der Waals surface area contributed by atoms with Crippen molar-refractivity contribution in [3.63, 3.8) is 0 Å². The first-order chi connectivity index (χ1) is 8.63. The summed E-state index contributed by atoms with van der Waals surface area (Å²) in [5.41, 5.74) is 6.51. The minimum atomic E-state index is 0.269. The third-order valence-electron chi connectivity index (χ3n) is 5.67. The highest BCUT2D eigenvalue weighted by atomic mass is 15.4. The molecule has 0 saturated heterocycles. The number of nitrogens with two attached hydrogens (primary N) is 1. The largest absolute Gasteiger partial charge is 0.370 e. The molecule has 102 valence electrons. The molecule has 3 heteroatoms. The molecule has 3 rings (SSSR count). The number of rotatable bonds is 1. The molecule has 3 atom stereocenters. The van der Waals surface area contributed by atoms with E-state index in [1.807, 2.05) is 0 Å². The standard InChI is InChI=1S/C15H27N3/c1-11-7-8-15(12(2)9-11)10-17-14(16)18(15)13-5-3-4-6-13/h11-13H,3-10H2,1-2H3,(H2,16,17). The van der Waals surface area contributed by atoms with Crippen LogP contribution in [0.25, 0.3) is 0 Å². The van der Waals surface area contributed by atoms with E-state index in [4.69, 9.17) is 5.73 Å². The molecule has 1 heterocycles. The topological polar surface area (TPSA) is 41.6 Å². The van der Waals surface area contributed by atoms with Gasteiger partial charge in [0.2, 0.25) is 0 Å². The average Bonchev–Trinajstić information content (AvgIpc) is 2.93. The SMILES string of the molecule is CC1CCC2(CN=C(N)N2C2CCCC2)C(C)C1. The predicted molar refractivity (Wildman–Crippen MR) is 75.5 cm³/mol. The van der Waals surface area contributed by atoms with Gasteiger partial charge in [0, 0.05) is 6.04 Å². The van der Waals surface area contributed by atoms with Crippen molar-refractivity contribution in [2.24, 2.45) is 22.6 Å². The molecule has 0 radical (unpaired) electrons. The van der Waals surface area contributed by atoms with Crippen LogP contribution in [0, 0.1) is 11.8 Å². The minimum Gasteiger partial charge on any atom is -0.370 e. The van der Waals surface area contributed by atoms with E-state index in [0.717, 1.165) is 24.3 Å². The Hall–Kier alpha value is -0.730. The van der Waals surface area contributed by atoms with Crippen molar-refractivity contribution in [2.75, 3.05) is 6.54 Å². The summed E-state index contributed by atoms with van der Waals surface area (Å²) in [6, 6.07) is 0.673. The van der Waals surface area contributed by atoms with Gasteiger partial charge in [-0.05, 0) is 43.9 Å². The molecular weight excluding hydrogens is 222 g/mol. The lowest BCUT2D eigenvalue weighted by Crippen LogP contribution is -2.60. The Morgan fingerprint density at radius 2 is 1.94 bits per heavy atom. The lowest BCUT2D eigenvalue weighted by molar-refractivity contribution is 0.0377. The molecule has 3 aliphatic rings. The molecule has 1 aliphatic heterocycles. The van der Waals surface area contributed by atoms with Gasteiger partial charge in [0.1, 0.15) is 0 Å². The molecule has 0 aromatic heterocycles. The Balaban J connectivity index is 1.86. The third-order valence-corrected chi connectivity index (χ3v) is 5.67. The van der Waals surface area contributed by atoms with Crippen molar-refractivity contribution in [3.05, 3.63) is 0 Å². The van der Waals surface area contributed by atoms with Crippen molar-refractivity contribution in [1.29, 1.82) is 0 Å². The number of hydrogen-bond acceptors (Lipinski definition) is 3. The van der Waals surface area contributed by atoms with Gasteiger partial charge >= 0.3 is 0 Å². The quantitative estimate of drug-likeness (QED) is 0.776. The van der Waals surface area contributed by atoms with Crippen LogP contribution in [0.5, 0.6) is 0 Å². The molecule has 2 saturated carbocycles. The normalized spacial score (nSPS) is 41.7. The van der Waals surface area contributed by atoms with E-state index in [0.29, 0.717) is 6.04 Å². The first kappa shape index (κ1) is 12.3. The van der Waals surface area contributed by atoms with Gasteiger partial charge in [0.15, 0.2) is 5.96 Å². The number of hydrogen-bond donors (Lipinski definition) is 1. The highest BCUT2D eigenvalue weighted by molar-refractivity contribution is 5.81. The van der Waals surface area contributed by atoms with Gasteiger partial charge in [-0.1, -0.05) is 26.7 Å². The molecule has 0 bridgehead atoms. The van der Waals surface area contributed by atoms with Gasteiger partial charge < -0.3 is 10.6 Å². The summed E-state index contributed by atoms with van der Waals surface area (Å²) in [4.78, 5) is 7.19. The maximum atomic E-state index is 6.24. The lowest BCUT2D eigenvalue weighted by Gasteiger charge is -2.50. The molecule has 3 nitrogen and oxygen atoms in total. The molecule has 2 fully saturated rings. The molecular formula is C15H27N3. The van der Waals surface area contributed by atoms with Gasteiger partial charge in [-0.3, -0.25) is 4.99 Å². The van der Waals surface area contributed by atoms with Crippen molar-refractivity contribution in [2.45, 2.75) is 70.4 Å². The van der Waals surface area contributed by atoms with Gasteiger partial charge in [-0.2, -0.15) is 0 Å². The Kier molecular flexibility index (Phi) is 3.03. The summed E-state index contributed by atoms with van der Waals surface area (Å²) in [6.45, 7) is 5.76. The first-order valence-electron chi connectivity index (χ1n) is 7.73. The van der Waals surface area contributed by atoms with Crippen molar-refractivity contribution < 1.29 is 0 Å². The van der Waals surface area contributed by atoms with Crippen LogP contribution in [-0.2, 0) is 0 Å². The zero-order chi connectivity index (χ0) is 12.8. The smallest absolute Gasteiger partial charge is 0.192 e. The first-order valence-corrected chi connectivity index (χ1v) is 7.73. The Morgan fingerprint density at radius 1 is 1.22 bits per heavy atom. The van der Waals surface area contributed by atoms with Gasteiger partial charge in [0.25, 0.3) is 0 Å². The van der Waals surface area contributed by atoms with E-state index in [1.54, 1.807) is 0 Å². The molecule has 18 heavy (non-hydrogen) atoms. The minimum absolute atomic E-state index is 0.269. The summed E-state index contributed by atoms with van der Waals surface area (Å²) >= 11 is 0. The van der Waals surface area contributed by atoms with Crippen LogP contribution in [0.2, 0.25) is 0 Å². The zero-order valence-electron chi connectivity index (χ0n) is 11.9. The highest BCUT2D eigenvalue weighted by Gasteiger charge is 2.51. The summed E-state index contributed by atoms with van der Waals surface area (Å²) in [7, 11) is 0. The molecule has 2 N–H and O–H groups in total. The maximum Gasteiger partial charge on any atom is 0.192 e. The Bertz CT molecular complexity index is 346. The third kappa shape index (κ3) is 1.74. The van der Waals surface area contributed by atoms with Crippen LogP contribution in [0.15, 0.2) is 4.99 Å². The van der Waals surface area contributed by atoms with Crippen molar-refractivity contribution in [3.8, 4) is 0 Å².